The molecule has 106 valence electrons. The fraction of sp³-hybridized carbons (Fsp3) is 0.167. The number of hydrogen-bond donors (Lipinski definition) is 1. The molecule has 0 bridgehead atoms. The maximum absolute atomic E-state index is 13.0. The van der Waals surface area contributed by atoms with E-state index in [0.717, 1.165) is 12.1 Å². The van der Waals surface area contributed by atoms with Crippen molar-refractivity contribution in [2.24, 2.45) is 0 Å². The zero-order valence-electron chi connectivity index (χ0n) is 9.76. The van der Waals surface area contributed by atoms with Crippen LogP contribution in [0, 0.1) is 0 Å². The summed E-state index contributed by atoms with van der Waals surface area (Å²) >= 11 is 8.56. The summed E-state index contributed by atoms with van der Waals surface area (Å²) in [6.07, 6.45) is -4.56. The Morgan fingerprint density at radius 2 is 2.00 bits per heavy atom. The van der Waals surface area contributed by atoms with Gasteiger partial charge in [-0.3, -0.25) is 4.79 Å². The van der Waals surface area contributed by atoms with Crippen LogP contribution in [0.2, 0.25) is 0 Å². The summed E-state index contributed by atoms with van der Waals surface area (Å²) in [4.78, 5) is 17.6. The molecule has 1 N–H and O–H groups in total. The summed E-state index contributed by atoms with van der Waals surface area (Å²) in [5.41, 5.74) is -1.44. The topological polar surface area (TPSA) is 45.8 Å². The monoisotopic (exact) mass is 366 g/mol. The minimum absolute atomic E-state index is 0.0607. The van der Waals surface area contributed by atoms with Crippen molar-refractivity contribution in [3.63, 3.8) is 0 Å². The molecule has 2 aromatic rings. The van der Waals surface area contributed by atoms with Crippen LogP contribution in [0.1, 0.15) is 11.3 Å². The molecule has 0 saturated heterocycles. The van der Waals surface area contributed by atoms with Gasteiger partial charge in [0.1, 0.15) is 5.82 Å². The highest BCUT2D eigenvalue weighted by molar-refractivity contribution is 9.10. The minimum Gasteiger partial charge on any atom is -0.307 e. The number of nitrogens with zero attached hydrogens (tertiary/aromatic N) is 1. The molecule has 0 saturated carbocycles. The van der Waals surface area contributed by atoms with Gasteiger partial charge in [0.2, 0.25) is 0 Å². The zero-order valence-corrected chi connectivity index (χ0v) is 12.1. The maximum Gasteiger partial charge on any atom is 0.417 e. The predicted molar refractivity (Wildman–Crippen MR) is 72.6 cm³/mol. The van der Waals surface area contributed by atoms with Crippen LogP contribution >= 0.6 is 27.5 Å². The van der Waals surface area contributed by atoms with E-state index in [0.29, 0.717) is 0 Å². The van der Waals surface area contributed by atoms with E-state index in [2.05, 4.69) is 25.9 Å². The summed E-state index contributed by atoms with van der Waals surface area (Å²) in [6.45, 7) is 0. The lowest BCUT2D eigenvalue weighted by molar-refractivity contribution is -0.137. The van der Waals surface area contributed by atoms with Crippen molar-refractivity contribution in [3.8, 4) is 11.4 Å². The van der Waals surface area contributed by atoms with E-state index in [-0.39, 0.29) is 27.4 Å². The average molecular weight is 368 g/mol. The van der Waals surface area contributed by atoms with Crippen LogP contribution in [0.4, 0.5) is 13.2 Å². The van der Waals surface area contributed by atoms with E-state index in [9.17, 15) is 18.0 Å². The molecule has 0 spiro atoms. The molecule has 0 aliphatic rings. The lowest BCUT2D eigenvalue weighted by Crippen LogP contribution is -2.13. The molecule has 8 heteroatoms. The number of hydrogen-bond acceptors (Lipinski definition) is 2. The molecule has 0 fully saturated rings. The molecule has 1 heterocycles. The Bertz CT molecular complexity index is 700. The fourth-order valence-electron chi connectivity index (χ4n) is 1.66. The molecule has 0 unspecified atom stereocenters. The van der Waals surface area contributed by atoms with Gasteiger partial charge >= 0.3 is 6.18 Å². The average Bonchev–Trinajstić information content (AvgIpc) is 2.36. The molecule has 0 aliphatic heterocycles. The van der Waals surface area contributed by atoms with Crippen LogP contribution < -0.4 is 5.56 Å². The third-order valence-corrected chi connectivity index (χ3v) is 3.24. The van der Waals surface area contributed by atoms with Crippen LogP contribution in [0.3, 0.4) is 0 Å². The van der Waals surface area contributed by atoms with Gasteiger partial charge in [0.15, 0.2) is 0 Å². The van der Waals surface area contributed by atoms with Gasteiger partial charge < -0.3 is 4.98 Å². The number of aromatic amines is 1. The van der Waals surface area contributed by atoms with E-state index in [1.165, 1.54) is 12.1 Å². The summed E-state index contributed by atoms with van der Waals surface area (Å²) < 4.78 is 39.4. The second-order valence-corrected chi connectivity index (χ2v) is 5.09. The number of halogens is 5. The van der Waals surface area contributed by atoms with Gasteiger partial charge in [-0.15, -0.1) is 11.6 Å². The van der Waals surface area contributed by atoms with Crippen molar-refractivity contribution in [1.82, 2.24) is 9.97 Å². The summed E-state index contributed by atoms with van der Waals surface area (Å²) in [7, 11) is 0. The van der Waals surface area contributed by atoms with Gasteiger partial charge in [0, 0.05) is 16.1 Å². The highest BCUT2D eigenvalue weighted by Gasteiger charge is 2.34. The van der Waals surface area contributed by atoms with Crippen molar-refractivity contribution < 1.29 is 13.2 Å². The standard InChI is InChI=1S/C12H7BrClF3N2O/c13-6-1-2-8(9(3-6)12(15,16)17)11-18-7(5-14)4-10(20)19-11/h1-4H,5H2,(H,18,19,20). The van der Waals surface area contributed by atoms with Crippen LogP contribution in [0.5, 0.6) is 0 Å². The molecular weight excluding hydrogens is 360 g/mol. The lowest BCUT2D eigenvalue weighted by Gasteiger charge is -2.13. The third kappa shape index (κ3) is 3.21. The highest BCUT2D eigenvalue weighted by atomic mass is 79.9. The number of H-pyrrole nitrogens is 1. The summed E-state index contributed by atoms with van der Waals surface area (Å²) in [5.74, 6) is -0.220. The van der Waals surface area contributed by atoms with E-state index in [1.54, 1.807) is 0 Å². The van der Waals surface area contributed by atoms with Crippen molar-refractivity contribution in [1.29, 1.82) is 0 Å². The number of benzene rings is 1. The first-order valence-corrected chi connectivity index (χ1v) is 6.67. The van der Waals surface area contributed by atoms with E-state index in [1.807, 2.05) is 0 Å². The molecule has 1 aromatic heterocycles. The molecule has 2 rings (SSSR count). The Labute approximate surface area is 124 Å². The fourth-order valence-corrected chi connectivity index (χ4v) is 2.16. The maximum atomic E-state index is 13.0. The second kappa shape index (κ2) is 5.57. The molecular formula is C12H7BrClF3N2O. The summed E-state index contributed by atoms with van der Waals surface area (Å²) in [6, 6.07) is 4.76. The van der Waals surface area contributed by atoms with Gasteiger partial charge in [-0.05, 0) is 18.2 Å². The van der Waals surface area contributed by atoms with Gasteiger partial charge in [-0.2, -0.15) is 13.2 Å². The van der Waals surface area contributed by atoms with E-state index >= 15 is 0 Å². The quantitative estimate of drug-likeness (QED) is 0.817. The molecule has 20 heavy (non-hydrogen) atoms. The largest absolute Gasteiger partial charge is 0.417 e. The highest BCUT2D eigenvalue weighted by Crippen LogP contribution is 2.37. The van der Waals surface area contributed by atoms with Crippen LogP contribution in [0.15, 0.2) is 33.5 Å². The molecule has 0 atom stereocenters. The van der Waals surface area contributed by atoms with Crippen LogP contribution in [-0.4, -0.2) is 9.97 Å². The molecule has 0 radical (unpaired) electrons. The number of nitrogens with one attached hydrogen (secondary N) is 1. The molecule has 0 aliphatic carbocycles. The normalized spacial score (nSPS) is 11.7. The Morgan fingerprint density at radius 3 is 2.60 bits per heavy atom. The Kier molecular flexibility index (Phi) is 4.19. The third-order valence-electron chi connectivity index (χ3n) is 2.47. The zero-order chi connectivity index (χ0) is 14.9. The van der Waals surface area contributed by atoms with E-state index in [4.69, 9.17) is 11.6 Å². The van der Waals surface area contributed by atoms with Crippen LogP contribution in [0.25, 0.3) is 11.4 Å². The first-order chi connectivity index (χ1) is 9.31. The van der Waals surface area contributed by atoms with Crippen molar-refractivity contribution in [3.05, 3.63) is 50.3 Å². The van der Waals surface area contributed by atoms with Crippen molar-refractivity contribution in [2.45, 2.75) is 12.1 Å². The first kappa shape index (κ1) is 15.1. The van der Waals surface area contributed by atoms with Crippen molar-refractivity contribution in [2.75, 3.05) is 0 Å². The number of aromatic nitrogens is 2. The van der Waals surface area contributed by atoms with Gasteiger partial charge in [-0.1, -0.05) is 15.9 Å². The van der Waals surface area contributed by atoms with Gasteiger partial charge in [0.05, 0.1) is 17.1 Å². The summed E-state index contributed by atoms with van der Waals surface area (Å²) in [5, 5.41) is 0. The molecule has 0 amide bonds. The SMILES string of the molecule is O=c1cc(CCl)nc(-c2ccc(Br)cc2C(F)(F)F)[nH]1. The number of rotatable bonds is 2. The molecule has 1 aromatic carbocycles. The smallest absolute Gasteiger partial charge is 0.307 e. The Hall–Kier alpha value is -1.34. The lowest BCUT2D eigenvalue weighted by atomic mass is 10.1. The van der Waals surface area contributed by atoms with E-state index < -0.39 is 17.3 Å². The Balaban J connectivity index is 2.70. The Morgan fingerprint density at radius 1 is 1.30 bits per heavy atom. The minimum atomic E-state index is -4.56. The van der Waals surface area contributed by atoms with Gasteiger partial charge in [0.25, 0.3) is 5.56 Å². The van der Waals surface area contributed by atoms with Crippen molar-refractivity contribution >= 4 is 27.5 Å². The van der Waals surface area contributed by atoms with Gasteiger partial charge in [-0.25, -0.2) is 4.98 Å². The van der Waals surface area contributed by atoms with Crippen LogP contribution in [-0.2, 0) is 12.1 Å². The molecule has 3 nitrogen and oxygen atoms in total. The predicted octanol–water partition coefficient (Wildman–Crippen LogP) is 3.96. The second-order valence-electron chi connectivity index (χ2n) is 3.91. The first-order valence-electron chi connectivity index (χ1n) is 5.34. The number of alkyl halides is 4.